The lowest BCUT2D eigenvalue weighted by molar-refractivity contribution is 0.0731. The molecule has 0 spiro atoms. The molecule has 8 heteroatoms. The van der Waals surface area contributed by atoms with Crippen molar-refractivity contribution in [3.63, 3.8) is 0 Å². The molecule has 0 aliphatic heterocycles. The number of carbonyl (C=O) groups is 1. The van der Waals surface area contributed by atoms with Crippen LogP contribution in [-0.2, 0) is 22.1 Å². The molecule has 2 aromatic heterocycles. The third-order valence-corrected chi connectivity index (χ3v) is 6.90. The largest absolute Gasteiger partial charge is 0.459 e. The third-order valence-electron chi connectivity index (χ3n) is 4.00. The van der Waals surface area contributed by atoms with Crippen LogP contribution in [0.4, 0.5) is 0 Å². The van der Waals surface area contributed by atoms with Gasteiger partial charge >= 0.3 is 0 Å². The molecule has 0 unspecified atom stereocenters. The number of hydrogen-bond donors (Lipinski definition) is 0. The fourth-order valence-corrected chi connectivity index (χ4v) is 5.17. The Kier molecular flexibility index (Phi) is 6.39. The van der Waals surface area contributed by atoms with Gasteiger partial charge in [0.25, 0.3) is 5.91 Å². The number of amides is 1. The van der Waals surface area contributed by atoms with Gasteiger partial charge in [0.1, 0.15) is 0 Å². The first-order valence-corrected chi connectivity index (χ1v) is 11.2. The van der Waals surface area contributed by atoms with Crippen LogP contribution in [0.15, 0.2) is 76.8 Å². The minimum atomic E-state index is -3.60. The van der Waals surface area contributed by atoms with E-state index in [9.17, 15) is 13.2 Å². The molecule has 2 heterocycles. The molecule has 0 bridgehead atoms. The Morgan fingerprint density at radius 3 is 2.57 bits per heavy atom. The van der Waals surface area contributed by atoms with Crippen molar-refractivity contribution in [1.29, 1.82) is 0 Å². The predicted molar refractivity (Wildman–Crippen MR) is 110 cm³/mol. The molecular formula is C20H18ClNO4S2. The quantitative estimate of drug-likeness (QED) is 0.477. The van der Waals surface area contributed by atoms with Gasteiger partial charge in [-0.2, -0.15) is 0 Å². The van der Waals surface area contributed by atoms with Crippen LogP contribution in [0.25, 0.3) is 0 Å². The molecule has 3 aromatic rings. The summed E-state index contributed by atoms with van der Waals surface area (Å²) < 4.78 is 31.3. The number of carbonyl (C=O) groups excluding carboxylic acids is 1. The van der Waals surface area contributed by atoms with Crippen LogP contribution in [0.2, 0.25) is 4.34 Å². The highest BCUT2D eigenvalue weighted by Gasteiger charge is 2.26. The molecule has 5 nitrogen and oxygen atoms in total. The van der Waals surface area contributed by atoms with Gasteiger partial charge in [-0.25, -0.2) is 8.42 Å². The zero-order valence-corrected chi connectivity index (χ0v) is 17.3. The molecule has 0 radical (unpaired) electrons. The Hall–Kier alpha value is -2.35. The summed E-state index contributed by atoms with van der Waals surface area (Å²) in [4.78, 5) is 15.7. The van der Waals surface area contributed by atoms with Gasteiger partial charge in [-0.15, -0.1) is 17.9 Å². The maximum Gasteiger partial charge on any atom is 0.290 e. The van der Waals surface area contributed by atoms with E-state index >= 15 is 0 Å². The van der Waals surface area contributed by atoms with Gasteiger partial charge in [-0.3, -0.25) is 4.79 Å². The summed E-state index contributed by atoms with van der Waals surface area (Å²) in [6, 6.07) is 13.3. The summed E-state index contributed by atoms with van der Waals surface area (Å²) in [7, 11) is -3.60. The van der Waals surface area contributed by atoms with Gasteiger partial charge < -0.3 is 9.32 Å². The minimum absolute atomic E-state index is 0.0176. The molecule has 0 fully saturated rings. The number of nitrogens with zero attached hydrogens (tertiary/aromatic N) is 1. The van der Waals surface area contributed by atoms with Crippen molar-refractivity contribution in [2.24, 2.45) is 0 Å². The SMILES string of the molecule is C=CCN(Cc1ccc(Cl)s1)C(=O)c1occc1CS(=O)(=O)c1ccccc1. The van der Waals surface area contributed by atoms with Crippen LogP contribution in [0, 0.1) is 0 Å². The first-order chi connectivity index (χ1) is 13.4. The Balaban J connectivity index is 1.84. The average molecular weight is 436 g/mol. The molecule has 0 aliphatic rings. The molecule has 1 amide bonds. The second-order valence-electron chi connectivity index (χ2n) is 6.03. The Morgan fingerprint density at radius 1 is 1.18 bits per heavy atom. The maximum absolute atomic E-state index is 13.0. The summed E-state index contributed by atoms with van der Waals surface area (Å²) in [5.74, 6) is -0.696. The van der Waals surface area contributed by atoms with Gasteiger partial charge in [0.15, 0.2) is 15.6 Å². The number of benzene rings is 1. The van der Waals surface area contributed by atoms with Crippen LogP contribution in [0.5, 0.6) is 0 Å². The van der Waals surface area contributed by atoms with Crippen molar-refractivity contribution < 1.29 is 17.6 Å². The molecule has 146 valence electrons. The zero-order valence-electron chi connectivity index (χ0n) is 14.9. The molecule has 0 saturated carbocycles. The van der Waals surface area contributed by atoms with E-state index in [1.165, 1.54) is 40.7 Å². The summed E-state index contributed by atoms with van der Waals surface area (Å²) in [6.07, 6.45) is 2.94. The van der Waals surface area contributed by atoms with Crippen LogP contribution >= 0.6 is 22.9 Å². The van der Waals surface area contributed by atoms with Gasteiger partial charge in [-0.05, 0) is 30.3 Å². The lowest BCUT2D eigenvalue weighted by Gasteiger charge is -2.19. The molecule has 1 aromatic carbocycles. The van der Waals surface area contributed by atoms with E-state index in [0.29, 0.717) is 23.0 Å². The fourth-order valence-electron chi connectivity index (χ4n) is 2.70. The summed E-state index contributed by atoms with van der Waals surface area (Å²) >= 11 is 7.34. The molecular weight excluding hydrogens is 418 g/mol. The number of furan rings is 1. The number of rotatable bonds is 8. The number of hydrogen-bond acceptors (Lipinski definition) is 5. The van der Waals surface area contributed by atoms with Gasteiger partial charge in [0.2, 0.25) is 0 Å². The summed E-state index contributed by atoms with van der Waals surface area (Å²) in [5, 5.41) is 0. The highest BCUT2D eigenvalue weighted by molar-refractivity contribution is 7.90. The fraction of sp³-hybridized carbons (Fsp3) is 0.150. The zero-order chi connectivity index (χ0) is 20.1. The van der Waals surface area contributed by atoms with Crippen LogP contribution < -0.4 is 0 Å². The van der Waals surface area contributed by atoms with E-state index in [1.807, 2.05) is 6.07 Å². The smallest absolute Gasteiger partial charge is 0.290 e. The Bertz CT molecular complexity index is 1070. The lowest BCUT2D eigenvalue weighted by atomic mass is 10.2. The van der Waals surface area contributed by atoms with Crippen molar-refractivity contribution >= 4 is 38.7 Å². The van der Waals surface area contributed by atoms with Crippen LogP contribution in [-0.4, -0.2) is 25.8 Å². The van der Waals surface area contributed by atoms with Gasteiger partial charge in [0, 0.05) is 17.0 Å². The van der Waals surface area contributed by atoms with Crippen molar-refractivity contribution in [2.45, 2.75) is 17.2 Å². The van der Waals surface area contributed by atoms with Crippen molar-refractivity contribution in [3.8, 4) is 0 Å². The van der Waals surface area contributed by atoms with E-state index < -0.39 is 15.7 Å². The number of halogens is 1. The Labute approximate surface area is 172 Å². The first-order valence-electron chi connectivity index (χ1n) is 8.39. The van der Waals surface area contributed by atoms with Gasteiger partial charge in [-0.1, -0.05) is 35.9 Å². The molecule has 0 N–H and O–H groups in total. The van der Waals surface area contributed by atoms with Crippen LogP contribution in [0.1, 0.15) is 21.0 Å². The van der Waals surface area contributed by atoms with E-state index in [4.69, 9.17) is 16.0 Å². The molecule has 3 rings (SSSR count). The van der Waals surface area contributed by atoms with Crippen molar-refractivity contribution in [1.82, 2.24) is 4.90 Å². The predicted octanol–water partition coefficient (Wildman–Crippen LogP) is 4.80. The summed E-state index contributed by atoms with van der Waals surface area (Å²) in [5.41, 5.74) is 0.326. The molecule has 0 atom stereocenters. The topological polar surface area (TPSA) is 67.6 Å². The second kappa shape index (κ2) is 8.77. The number of thiophene rings is 1. The lowest BCUT2D eigenvalue weighted by Crippen LogP contribution is -2.31. The normalized spacial score (nSPS) is 11.3. The standard InChI is InChI=1S/C20H18ClNO4S2/c1-2-11-22(13-16-8-9-18(21)27-16)20(23)19-15(10-12-26-19)14-28(24,25)17-6-4-3-5-7-17/h2-10,12H,1,11,13-14H2. The maximum atomic E-state index is 13.0. The first kappa shape index (κ1) is 20.4. The summed E-state index contributed by atoms with van der Waals surface area (Å²) in [6.45, 7) is 4.31. The average Bonchev–Trinajstić information content (AvgIpc) is 3.30. The number of sulfone groups is 1. The van der Waals surface area contributed by atoms with Crippen molar-refractivity contribution in [3.05, 3.63) is 88.0 Å². The van der Waals surface area contributed by atoms with Crippen molar-refractivity contribution in [2.75, 3.05) is 6.54 Å². The third kappa shape index (κ3) is 4.73. The van der Waals surface area contributed by atoms with E-state index in [-0.39, 0.29) is 16.4 Å². The highest BCUT2D eigenvalue weighted by atomic mass is 35.5. The van der Waals surface area contributed by atoms with E-state index in [0.717, 1.165) is 4.88 Å². The van der Waals surface area contributed by atoms with E-state index in [1.54, 1.807) is 30.3 Å². The molecule has 0 aliphatic carbocycles. The highest BCUT2D eigenvalue weighted by Crippen LogP contribution is 2.25. The van der Waals surface area contributed by atoms with Crippen LogP contribution in [0.3, 0.4) is 0 Å². The van der Waals surface area contributed by atoms with Gasteiger partial charge in [0.05, 0.1) is 27.8 Å². The molecule has 28 heavy (non-hydrogen) atoms. The van der Waals surface area contributed by atoms with E-state index in [2.05, 4.69) is 6.58 Å². The monoisotopic (exact) mass is 435 g/mol. The minimum Gasteiger partial charge on any atom is -0.459 e. The molecule has 0 saturated heterocycles. The Morgan fingerprint density at radius 2 is 1.93 bits per heavy atom. The second-order valence-corrected chi connectivity index (χ2v) is 9.82.